The zero-order valence-corrected chi connectivity index (χ0v) is 6.18. The minimum absolute atomic E-state index is 1.04. The van der Waals surface area contributed by atoms with Gasteiger partial charge in [-0.15, -0.1) is 0 Å². The zero-order valence-electron chi connectivity index (χ0n) is 6.18. The number of unbranched alkanes of at least 4 members (excludes halogenated alkanes) is 2. The molecule has 55 valence electrons. The van der Waals surface area contributed by atoms with Gasteiger partial charge < -0.3 is 4.42 Å². The molecule has 10 heavy (non-hydrogen) atoms. The lowest BCUT2D eigenvalue weighted by molar-refractivity contribution is 0.562. The highest BCUT2D eigenvalue weighted by atomic mass is 16.3. The SMILES string of the molecule is [CH2]CCCCc1ccoc1. The van der Waals surface area contributed by atoms with E-state index >= 15 is 0 Å². The van der Waals surface area contributed by atoms with E-state index in [1.54, 1.807) is 6.26 Å². The summed E-state index contributed by atoms with van der Waals surface area (Å²) in [4.78, 5) is 0. The molecule has 1 radical (unpaired) electrons. The Bertz CT molecular complexity index is 153. The summed E-state index contributed by atoms with van der Waals surface area (Å²) < 4.78 is 4.93. The first-order valence-corrected chi connectivity index (χ1v) is 3.74. The fourth-order valence-electron chi connectivity index (χ4n) is 0.941. The molecule has 0 unspecified atom stereocenters. The van der Waals surface area contributed by atoms with E-state index in [0.717, 1.165) is 12.8 Å². The Morgan fingerprint density at radius 3 is 2.90 bits per heavy atom. The van der Waals surface area contributed by atoms with Crippen LogP contribution in [0.3, 0.4) is 0 Å². The van der Waals surface area contributed by atoms with E-state index < -0.39 is 0 Å². The Labute approximate surface area is 62.1 Å². The van der Waals surface area contributed by atoms with E-state index in [2.05, 4.69) is 6.92 Å². The average molecular weight is 137 g/mol. The summed E-state index contributed by atoms with van der Waals surface area (Å²) >= 11 is 0. The molecule has 0 saturated heterocycles. The molecule has 0 spiro atoms. The van der Waals surface area contributed by atoms with E-state index in [1.165, 1.54) is 18.4 Å². The van der Waals surface area contributed by atoms with Crippen molar-refractivity contribution in [1.82, 2.24) is 0 Å². The van der Waals surface area contributed by atoms with Crippen LogP contribution in [0.1, 0.15) is 24.8 Å². The fraction of sp³-hybridized carbons (Fsp3) is 0.444. The van der Waals surface area contributed by atoms with Crippen molar-refractivity contribution in [3.8, 4) is 0 Å². The lowest BCUT2D eigenvalue weighted by atomic mass is 10.1. The molecule has 1 heteroatoms. The minimum Gasteiger partial charge on any atom is -0.472 e. The second-order valence-corrected chi connectivity index (χ2v) is 2.44. The molecule has 0 aliphatic heterocycles. The van der Waals surface area contributed by atoms with Crippen LogP contribution in [-0.4, -0.2) is 0 Å². The van der Waals surface area contributed by atoms with E-state index in [0.29, 0.717) is 0 Å². The number of furan rings is 1. The molecule has 1 heterocycles. The average Bonchev–Trinajstić information content (AvgIpc) is 2.41. The fourth-order valence-corrected chi connectivity index (χ4v) is 0.941. The van der Waals surface area contributed by atoms with Crippen LogP contribution in [0.25, 0.3) is 0 Å². The lowest BCUT2D eigenvalue weighted by Gasteiger charge is -1.92. The van der Waals surface area contributed by atoms with Crippen molar-refractivity contribution in [2.24, 2.45) is 0 Å². The number of aryl methyl sites for hydroxylation is 1. The van der Waals surface area contributed by atoms with Gasteiger partial charge in [-0.3, -0.25) is 0 Å². The standard InChI is InChI=1S/C9H13O/c1-2-3-4-5-9-6-7-10-8-9/h6-8H,1-5H2. The molecule has 1 rings (SSSR count). The van der Waals surface area contributed by atoms with Gasteiger partial charge in [0.25, 0.3) is 0 Å². The highest BCUT2D eigenvalue weighted by Gasteiger charge is 1.91. The Kier molecular flexibility index (Phi) is 3.07. The molecule has 0 N–H and O–H groups in total. The van der Waals surface area contributed by atoms with Crippen LogP contribution in [0, 0.1) is 6.92 Å². The summed E-state index contributed by atoms with van der Waals surface area (Å²) in [6.45, 7) is 3.78. The molecule has 0 aliphatic rings. The maximum atomic E-state index is 4.93. The van der Waals surface area contributed by atoms with E-state index in [-0.39, 0.29) is 0 Å². The summed E-state index contributed by atoms with van der Waals surface area (Å²) in [6, 6.07) is 2.02. The molecule has 1 aromatic heterocycles. The van der Waals surface area contributed by atoms with Crippen molar-refractivity contribution >= 4 is 0 Å². The monoisotopic (exact) mass is 137 g/mol. The Hall–Kier alpha value is -0.720. The van der Waals surface area contributed by atoms with Crippen molar-refractivity contribution < 1.29 is 4.42 Å². The third-order valence-electron chi connectivity index (χ3n) is 1.55. The summed E-state index contributed by atoms with van der Waals surface area (Å²) in [5.74, 6) is 0. The van der Waals surface area contributed by atoms with Crippen LogP contribution in [0.2, 0.25) is 0 Å². The first kappa shape index (κ1) is 7.39. The molecule has 0 atom stereocenters. The molecule has 1 nitrogen and oxygen atoms in total. The quantitative estimate of drug-likeness (QED) is 0.581. The van der Waals surface area contributed by atoms with Gasteiger partial charge in [0.15, 0.2) is 0 Å². The van der Waals surface area contributed by atoms with Gasteiger partial charge in [0.2, 0.25) is 0 Å². The molecule has 1 aromatic rings. The van der Waals surface area contributed by atoms with Crippen molar-refractivity contribution in [2.45, 2.75) is 25.7 Å². The first-order chi connectivity index (χ1) is 4.93. The summed E-state index contributed by atoms with van der Waals surface area (Å²) in [7, 11) is 0. The van der Waals surface area contributed by atoms with E-state index in [9.17, 15) is 0 Å². The molecule has 0 aromatic carbocycles. The highest BCUT2D eigenvalue weighted by molar-refractivity contribution is 5.04. The summed E-state index contributed by atoms with van der Waals surface area (Å²) in [6.07, 6.45) is 8.14. The molecule has 0 aliphatic carbocycles. The van der Waals surface area contributed by atoms with Gasteiger partial charge in [0.05, 0.1) is 12.5 Å². The largest absolute Gasteiger partial charge is 0.472 e. The van der Waals surface area contributed by atoms with Crippen LogP contribution in [0.15, 0.2) is 23.0 Å². The van der Waals surface area contributed by atoms with Gasteiger partial charge in [-0.05, 0) is 24.5 Å². The topological polar surface area (TPSA) is 13.1 Å². The van der Waals surface area contributed by atoms with Crippen LogP contribution >= 0.6 is 0 Å². The van der Waals surface area contributed by atoms with Crippen molar-refractivity contribution in [3.63, 3.8) is 0 Å². The van der Waals surface area contributed by atoms with Crippen molar-refractivity contribution in [3.05, 3.63) is 31.1 Å². The molecule has 0 bridgehead atoms. The number of hydrogen-bond donors (Lipinski definition) is 0. The second-order valence-electron chi connectivity index (χ2n) is 2.44. The first-order valence-electron chi connectivity index (χ1n) is 3.74. The molecule has 0 saturated carbocycles. The predicted molar refractivity (Wildman–Crippen MR) is 41.6 cm³/mol. The molecule has 0 amide bonds. The van der Waals surface area contributed by atoms with Crippen LogP contribution in [0.5, 0.6) is 0 Å². The van der Waals surface area contributed by atoms with Crippen LogP contribution < -0.4 is 0 Å². The number of rotatable bonds is 4. The van der Waals surface area contributed by atoms with Crippen molar-refractivity contribution in [2.75, 3.05) is 0 Å². The smallest absolute Gasteiger partial charge is 0.0934 e. The van der Waals surface area contributed by atoms with Gasteiger partial charge in [0.1, 0.15) is 0 Å². The molecule has 0 fully saturated rings. The normalized spacial score (nSPS) is 10.1. The van der Waals surface area contributed by atoms with E-state index in [1.807, 2.05) is 12.3 Å². The Morgan fingerprint density at radius 2 is 2.30 bits per heavy atom. The second kappa shape index (κ2) is 4.15. The third-order valence-corrected chi connectivity index (χ3v) is 1.55. The van der Waals surface area contributed by atoms with E-state index in [4.69, 9.17) is 4.42 Å². The third kappa shape index (κ3) is 2.26. The molecular weight excluding hydrogens is 124 g/mol. The van der Waals surface area contributed by atoms with Gasteiger partial charge in [-0.1, -0.05) is 19.8 Å². The van der Waals surface area contributed by atoms with Crippen LogP contribution in [0.4, 0.5) is 0 Å². The summed E-state index contributed by atoms with van der Waals surface area (Å²) in [5.41, 5.74) is 1.30. The Balaban J connectivity index is 2.15. The predicted octanol–water partition coefficient (Wildman–Crippen LogP) is 2.83. The maximum Gasteiger partial charge on any atom is 0.0934 e. The lowest BCUT2D eigenvalue weighted by Crippen LogP contribution is -1.80. The van der Waals surface area contributed by atoms with Crippen LogP contribution in [-0.2, 0) is 6.42 Å². The molecular formula is C9H13O. The summed E-state index contributed by atoms with van der Waals surface area (Å²) in [5, 5.41) is 0. The van der Waals surface area contributed by atoms with Gasteiger partial charge in [0, 0.05) is 0 Å². The Morgan fingerprint density at radius 1 is 1.40 bits per heavy atom. The van der Waals surface area contributed by atoms with Gasteiger partial charge in [-0.25, -0.2) is 0 Å². The minimum atomic E-state index is 1.04. The number of hydrogen-bond acceptors (Lipinski definition) is 1. The van der Waals surface area contributed by atoms with Gasteiger partial charge in [-0.2, -0.15) is 0 Å². The van der Waals surface area contributed by atoms with Crippen molar-refractivity contribution in [1.29, 1.82) is 0 Å². The zero-order chi connectivity index (χ0) is 7.23. The van der Waals surface area contributed by atoms with Gasteiger partial charge >= 0.3 is 0 Å². The highest BCUT2D eigenvalue weighted by Crippen LogP contribution is 2.05. The maximum absolute atomic E-state index is 4.93.